The second-order valence-corrected chi connectivity index (χ2v) is 6.53. The van der Waals surface area contributed by atoms with Crippen LogP contribution < -0.4 is 14.4 Å². The molecule has 1 amide bonds. The maximum absolute atomic E-state index is 13.0. The van der Waals surface area contributed by atoms with Gasteiger partial charge in [0.15, 0.2) is 11.5 Å². The van der Waals surface area contributed by atoms with E-state index in [9.17, 15) is 9.18 Å². The second-order valence-electron chi connectivity index (χ2n) is 6.53. The zero-order valence-electron chi connectivity index (χ0n) is 14.9. The molecule has 1 saturated heterocycles. The van der Waals surface area contributed by atoms with Gasteiger partial charge in [-0.2, -0.15) is 0 Å². The van der Waals surface area contributed by atoms with E-state index in [2.05, 4.69) is 4.90 Å². The predicted molar refractivity (Wildman–Crippen MR) is 102 cm³/mol. The number of ether oxygens (including phenoxy) is 2. The van der Waals surface area contributed by atoms with Gasteiger partial charge in [0.25, 0.3) is 0 Å². The highest BCUT2D eigenvalue weighted by Crippen LogP contribution is 2.31. The van der Waals surface area contributed by atoms with Crippen LogP contribution in [-0.2, 0) is 4.79 Å². The molecule has 6 heteroatoms. The van der Waals surface area contributed by atoms with Gasteiger partial charge in [0.2, 0.25) is 5.91 Å². The minimum atomic E-state index is -0.239. The largest absolute Gasteiger partial charge is 0.486 e. The number of benzene rings is 2. The minimum Gasteiger partial charge on any atom is -0.486 e. The Morgan fingerprint density at radius 1 is 0.926 bits per heavy atom. The van der Waals surface area contributed by atoms with E-state index in [1.807, 2.05) is 23.1 Å². The van der Waals surface area contributed by atoms with Crippen LogP contribution in [0, 0.1) is 5.82 Å². The van der Waals surface area contributed by atoms with Crippen molar-refractivity contribution in [1.82, 2.24) is 4.90 Å². The Labute approximate surface area is 157 Å². The number of carbonyl (C=O) groups excluding carboxylic acids is 1. The van der Waals surface area contributed by atoms with Crippen molar-refractivity contribution in [2.45, 2.75) is 0 Å². The van der Waals surface area contributed by atoms with E-state index in [-0.39, 0.29) is 11.7 Å². The fourth-order valence-electron chi connectivity index (χ4n) is 3.27. The summed E-state index contributed by atoms with van der Waals surface area (Å²) < 4.78 is 24.1. The number of fused-ring (bicyclic) bond motifs is 1. The average molecular weight is 368 g/mol. The van der Waals surface area contributed by atoms with E-state index in [1.54, 1.807) is 24.3 Å². The normalized spacial score (nSPS) is 16.6. The molecule has 2 aliphatic rings. The molecule has 2 aromatic rings. The second kappa shape index (κ2) is 7.70. The molecular weight excluding hydrogens is 347 g/mol. The van der Waals surface area contributed by atoms with Crippen LogP contribution >= 0.6 is 0 Å². The van der Waals surface area contributed by atoms with E-state index in [4.69, 9.17) is 9.47 Å². The number of carbonyl (C=O) groups is 1. The Bertz CT molecular complexity index is 843. The van der Waals surface area contributed by atoms with E-state index in [0.29, 0.717) is 32.1 Å². The summed E-state index contributed by atoms with van der Waals surface area (Å²) in [5, 5.41) is 0. The molecule has 0 bridgehead atoms. The fourth-order valence-corrected chi connectivity index (χ4v) is 3.27. The van der Waals surface area contributed by atoms with E-state index in [1.165, 1.54) is 12.1 Å². The lowest BCUT2D eigenvalue weighted by atomic mass is 10.1. The first kappa shape index (κ1) is 17.4. The third-order valence-corrected chi connectivity index (χ3v) is 4.77. The van der Waals surface area contributed by atoms with Gasteiger partial charge in [-0.15, -0.1) is 0 Å². The molecule has 0 atom stereocenters. The molecule has 0 unspecified atom stereocenters. The molecule has 1 fully saturated rings. The van der Waals surface area contributed by atoms with Crippen LogP contribution in [0.15, 0.2) is 48.5 Å². The van der Waals surface area contributed by atoms with Gasteiger partial charge >= 0.3 is 0 Å². The molecule has 0 aliphatic carbocycles. The Hall–Kier alpha value is -3.02. The molecule has 0 spiro atoms. The Morgan fingerprint density at radius 2 is 1.63 bits per heavy atom. The molecule has 0 aromatic heterocycles. The van der Waals surface area contributed by atoms with Crippen molar-refractivity contribution in [3.63, 3.8) is 0 Å². The molecule has 2 heterocycles. The smallest absolute Gasteiger partial charge is 0.246 e. The summed E-state index contributed by atoms with van der Waals surface area (Å²) in [7, 11) is 0. The first-order chi connectivity index (χ1) is 13.2. The summed E-state index contributed by atoms with van der Waals surface area (Å²) >= 11 is 0. The Kier molecular flexibility index (Phi) is 4.96. The van der Waals surface area contributed by atoms with E-state index < -0.39 is 0 Å². The number of piperazine rings is 1. The highest BCUT2D eigenvalue weighted by Gasteiger charge is 2.20. The maximum atomic E-state index is 13.0. The molecule has 4 rings (SSSR count). The summed E-state index contributed by atoms with van der Waals surface area (Å²) in [4.78, 5) is 16.5. The first-order valence-corrected chi connectivity index (χ1v) is 9.06. The third kappa shape index (κ3) is 4.05. The molecule has 0 saturated carbocycles. The summed E-state index contributed by atoms with van der Waals surface area (Å²) in [5.41, 5.74) is 1.88. The summed E-state index contributed by atoms with van der Waals surface area (Å²) in [5.74, 6) is 1.20. The molecule has 5 nitrogen and oxygen atoms in total. The highest BCUT2D eigenvalue weighted by atomic mass is 19.1. The summed E-state index contributed by atoms with van der Waals surface area (Å²) in [6.07, 6.45) is 3.39. The Balaban J connectivity index is 1.34. The number of nitrogens with zero attached hydrogens (tertiary/aromatic N) is 2. The van der Waals surface area contributed by atoms with Gasteiger partial charge in [-0.1, -0.05) is 6.07 Å². The quantitative estimate of drug-likeness (QED) is 0.782. The zero-order valence-corrected chi connectivity index (χ0v) is 14.9. The molecule has 0 radical (unpaired) electrons. The number of anilines is 1. The maximum Gasteiger partial charge on any atom is 0.246 e. The third-order valence-electron chi connectivity index (χ3n) is 4.77. The monoisotopic (exact) mass is 368 g/mol. The topological polar surface area (TPSA) is 42.0 Å². The number of rotatable bonds is 3. The van der Waals surface area contributed by atoms with Crippen LogP contribution in [0.25, 0.3) is 6.08 Å². The lowest BCUT2D eigenvalue weighted by Crippen LogP contribution is -2.48. The highest BCUT2D eigenvalue weighted by molar-refractivity contribution is 5.92. The van der Waals surface area contributed by atoms with Gasteiger partial charge < -0.3 is 19.3 Å². The number of hydrogen-bond donors (Lipinski definition) is 0. The molecule has 2 aromatic carbocycles. The molecule has 27 heavy (non-hydrogen) atoms. The minimum absolute atomic E-state index is 0.0105. The van der Waals surface area contributed by atoms with E-state index in [0.717, 1.165) is 30.1 Å². The van der Waals surface area contributed by atoms with Crippen molar-refractivity contribution in [2.24, 2.45) is 0 Å². The fraction of sp³-hybridized carbons (Fsp3) is 0.286. The lowest BCUT2D eigenvalue weighted by Gasteiger charge is -2.35. The van der Waals surface area contributed by atoms with Crippen LogP contribution in [0.3, 0.4) is 0 Å². The molecular formula is C21H21FN2O3. The van der Waals surface area contributed by atoms with Crippen molar-refractivity contribution in [3.05, 3.63) is 59.9 Å². The van der Waals surface area contributed by atoms with Crippen LogP contribution in [0.2, 0.25) is 0 Å². The molecule has 0 N–H and O–H groups in total. The van der Waals surface area contributed by atoms with Crippen LogP contribution in [-0.4, -0.2) is 50.2 Å². The molecule has 140 valence electrons. The number of hydrogen-bond acceptors (Lipinski definition) is 4. The van der Waals surface area contributed by atoms with Crippen molar-refractivity contribution in [2.75, 3.05) is 44.3 Å². The van der Waals surface area contributed by atoms with E-state index >= 15 is 0 Å². The van der Waals surface area contributed by atoms with Gasteiger partial charge in [-0.05, 0) is 48.0 Å². The van der Waals surface area contributed by atoms with Crippen molar-refractivity contribution >= 4 is 17.7 Å². The van der Waals surface area contributed by atoms with Gasteiger partial charge in [-0.3, -0.25) is 4.79 Å². The van der Waals surface area contributed by atoms with Crippen LogP contribution in [0.5, 0.6) is 11.5 Å². The SMILES string of the molecule is O=C(C=Cc1ccc2c(c1)OCCO2)N1CCN(c2ccc(F)cc2)CC1. The standard InChI is InChI=1S/C21H21FN2O3/c22-17-3-5-18(6-4-17)23-9-11-24(12-10-23)21(25)8-2-16-1-7-19-20(15-16)27-14-13-26-19/h1-8,15H,9-14H2. The van der Waals surface area contributed by atoms with Gasteiger partial charge in [0.05, 0.1) is 0 Å². The Morgan fingerprint density at radius 3 is 2.37 bits per heavy atom. The summed E-state index contributed by atoms with van der Waals surface area (Å²) in [6.45, 7) is 3.84. The first-order valence-electron chi connectivity index (χ1n) is 9.06. The zero-order chi connectivity index (χ0) is 18.6. The number of amides is 1. The van der Waals surface area contributed by atoms with Gasteiger partial charge in [0.1, 0.15) is 19.0 Å². The summed E-state index contributed by atoms with van der Waals surface area (Å²) in [6, 6.07) is 12.1. The predicted octanol–water partition coefficient (Wildman–Crippen LogP) is 2.96. The number of halogens is 1. The lowest BCUT2D eigenvalue weighted by molar-refractivity contribution is -0.126. The van der Waals surface area contributed by atoms with Crippen LogP contribution in [0.1, 0.15) is 5.56 Å². The van der Waals surface area contributed by atoms with Crippen molar-refractivity contribution in [1.29, 1.82) is 0 Å². The van der Waals surface area contributed by atoms with Crippen molar-refractivity contribution < 1.29 is 18.7 Å². The van der Waals surface area contributed by atoms with Gasteiger partial charge in [-0.25, -0.2) is 4.39 Å². The molecule has 2 aliphatic heterocycles. The van der Waals surface area contributed by atoms with Gasteiger partial charge in [0, 0.05) is 37.9 Å². The average Bonchev–Trinajstić information content (AvgIpc) is 2.72. The van der Waals surface area contributed by atoms with Crippen LogP contribution in [0.4, 0.5) is 10.1 Å². The van der Waals surface area contributed by atoms with Crippen molar-refractivity contribution in [3.8, 4) is 11.5 Å².